The van der Waals surface area contributed by atoms with Gasteiger partial charge in [0, 0.05) is 12.6 Å². The van der Waals surface area contributed by atoms with Crippen LogP contribution in [0.2, 0.25) is 0 Å². The Labute approximate surface area is 104 Å². The summed E-state index contributed by atoms with van der Waals surface area (Å²) in [5, 5.41) is 3.60. The fourth-order valence-electron chi connectivity index (χ4n) is 2.41. The first kappa shape index (κ1) is 12.6. The van der Waals surface area contributed by atoms with Crippen LogP contribution in [0, 0.1) is 6.92 Å². The van der Waals surface area contributed by atoms with Gasteiger partial charge in [-0.1, -0.05) is 24.3 Å². The van der Waals surface area contributed by atoms with Crippen molar-refractivity contribution in [2.45, 2.75) is 45.3 Å². The van der Waals surface area contributed by atoms with Gasteiger partial charge < -0.3 is 10.1 Å². The zero-order valence-corrected chi connectivity index (χ0v) is 10.9. The van der Waals surface area contributed by atoms with Crippen LogP contribution < -0.4 is 5.32 Å². The minimum atomic E-state index is 0.510. The topological polar surface area (TPSA) is 21.3 Å². The molecule has 0 unspecified atom stereocenters. The van der Waals surface area contributed by atoms with Crippen LogP contribution in [0.4, 0.5) is 0 Å². The van der Waals surface area contributed by atoms with Crippen LogP contribution in [0.1, 0.15) is 30.9 Å². The monoisotopic (exact) mass is 233 g/mol. The molecule has 94 valence electrons. The molecule has 1 aromatic rings. The first-order valence-corrected chi connectivity index (χ1v) is 6.69. The largest absolute Gasteiger partial charge is 0.378 e. The predicted octanol–water partition coefficient (Wildman–Crippen LogP) is 2.69. The fourth-order valence-corrected chi connectivity index (χ4v) is 2.41. The van der Waals surface area contributed by atoms with E-state index in [0.29, 0.717) is 12.1 Å². The smallest absolute Gasteiger partial charge is 0.0604 e. The maximum Gasteiger partial charge on any atom is 0.0604 e. The molecule has 0 bridgehead atoms. The number of nitrogens with one attached hydrogen (secondary N) is 1. The maximum atomic E-state index is 5.55. The second-order valence-electron chi connectivity index (χ2n) is 4.88. The average molecular weight is 233 g/mol. The molecule has 0 saturated heterocycles. The number of aryl methyl sites for hydroxylation is 1. The average Bonchev–Trinajstić information content (AvgIpc) is 2.28. The minimum Gasteiger partial charge on any atom is -0.378 e. The van der Waals surface area contributed by atoms with Crippen molar-refractivity contribution < 1.29 is 4.74 Å². The summed E-state index contributed by atoms with van der Waals surface area (Å²) in [7, 11) is 0. The van der Waals surface area contributed by atoms with Crippen LogP contribution in [-0.2, 0) is 11.2 Å². The number of ether oxygens (including phenoxy) is 1. The highest BCUT2D eigenvalue weighted by atomic mass is 16.5. The normalized spacial score (nSPS) is 23.4. The second-order valence-corrected chi connectivity index (χ2v) is 4.88. The third-order valence-corrected chi connectivity index (χ3v) is 3.59. The van der Waals surface area contributed by atoms with Crippen molar-refractivity contribution in [2.24, 2.45) is 0 Å². The van der Waals surface area contributed by atoms with E-state index in [-0.39, 0.29) is 0 Å². The number of hydrogen-bond acceptors (Lipinski definition) is 2. The zero-order chi connectivity index (χ0) is 12.1. The summed E-state index contributed by atoms with van der Waals surface area (Å²) in [4.78, 5) is 0. The van der Waals surface area contributed by atoms with Crippen LogP contribution in [0.5, 0.6) is 0 Å². The van der Waals surface area contributed by atoms with Crippen molar-refractivity contribution in [3.05, 3.63) is 35.4 Å². The van der Waals surface area contributed by atoms with E-state index in [1.165, 1.54) is 24.0 Å². The van der Waals surface area contributed by atoms with E-state index in [1.807, 2.05) is 0 Å². The molecule has 2 heteroatoms. The molecular formula is C15H23NO. The standard InChI is InChI=1S/C15H23NO/c1-3-17-15-10-14(11-15)16-9-8-13-7-5-4-6-12(13)2/h4-7,14-16H,3,8-11H2,1-2H3. The molecule has 1 N–H and O–H groups in total. The van der Waals surface area contributed by atoms with Gasteiger partial charge >= 0.3 is 0 Å². The highest BCUT2D eigenvalue weighted by molar-refractivity contribution is 5.25. The SMILES string of the molecule is CCOC1CC(NCCc2ccccc2C)C1. The van der Waals surface area contributed by atoms with Crippen LogP contribution in [0.3, 0.4) is 0 Å². The zero-order valence-electron chi connectivity index (χ0n) is 10.9. The van der Waals surface area contributed by atoms with Crippen molar-refractivity contribution in [1.82, 2.24) is 5.32 Å². The van der Waals surface area contributed by atoms with Gasteiger partial charge in [0.25, 0.3) is 0 Å². The highest BCUT2D eigenvalue weighted by Gasteiger charge is 2.28. The molecule has 1 saturated carbocycles. The van der Waals surface area contributed by atoms with Crippen LogP contribution in [-0.4, -0.2) is 25.3 Å². The minimum absolute atomic E-state index is 0.510. The van der Waals surface area contributed by atoms with E-state index in [9.17, 15) is 0 Å². The first-order chi connectivity index (χ1) is 8.29. The molecule has 1 aliphatic carbocycles. The summed E-state index contributed by atoms with van der Waals surface area (Å²) in [5.74, 6) is 0. The molecule has 1 fully saturated rings. The number of benzene rings is 1. The van der Waals surface area contributed by atoms with Gasteiger partial charge in [0.1, 0.15) is 0 Å². The molecule has 0 heterocycles. The molecule has 0 aliphatic heterocycles. The maximum absolute atomic E-state index is 5.55. The fraction of sp³-hybridized carbons (Fsp3) is 0.600. The van der Waals surface area contributed by atoms with E-state index in [1.54, 1.807) is 0 Å². The summed E-state index contributed by atoms with van der Waals surface area (Å²) in [6.45, 7) is 6.18. The molecule has 2 nitrogen and oxygen atoms in total. The van der Waals surface area contributed by atoms with Crippen LogP contribution in [0.15, 0.2) is 24.3 Å². The predicted molar refractivity (Wildman–Crippen MR) is 71.3 cm³/mol. The molecule has 1 aliphatic rings. The Morgan fingerprint density at radius 3 is 2.76 bits per heavy atom. The van der Waals surface area contributed by atoms with Crippen molar-refractivity contribution in [1.29, 1.82) is 0 Å². The van der Waals surface area contributed by atoms with Gasteiger partial charge in [-0.15, -0.1) is 0 Å². The Morgan fingerprint density at radius 1 is 1.29 bits per heavy atom. The third-order valence-electron chi connectivity index (χ3n) is 3.59. The van der Waals surface area contributed by atoms with Crippen LogP contribution >= 0.6 is 0 Å². The van der Waals surface area contributed by atoms with Crippen molar-refractivity contribution in [3.8, 4) is 0 Å². The lowest BCUT2D eigenvalue weighted by Gasteiger charge is -2.35. The lowest BCUT2D eigenvalue weighted by atomic mass is 9.89. The summed E-state index contributed by atoms with van der Waals surface area (Å²) in [6, 6.07) is 9.31. The molecule has 2 rings (SSSR count). The molecule has 0 atom stereocenters. The molecule has 0 spiro atoms. The molecule has 0 radical (unpaired) electrons. The van der Waals surface area contributed by atoms with Gasteiger partial charge in [-0.3, -0.25) is 0 Å². The lowest BCUT2D eigenvalue weighted by Crippen LogP contribution is -2.46. The van der Waals surface area contributed by atoms with Gasteiger partial charge in [-0.05, 0) is 50.8 Å². The van der Waals surface area contributed by atoms with Gasteiger partial charge in [0.05, 0.1) is 6.10 Å². The summed E-state index contributed by atoms with van der Waals surface area (Å²) < 4.78 is 5.55. The van der Waals surface area contributed by atoms with Crippen LogP contribution in [0.25, 0.3) is 0 Å². The first-order valence-electron chi connectivity index (χ1n) is 6.69. The molecule has 0 amide bonds. The quantitative estimate of drug-likeness (QED) is 0.815. The molecule has 17 heavy (non-hydrogen) atoms. The van der Waals surface area contributed by atoms with Gasteiger partial charge in [-0.25, -0.2) is 0 Å². The number of hydrogen-bond donors (Lipinski definition) is 1. The Kier molecular flexibility index (Phi) is 4.57. The van der Waals surface area contributed by atoms with Crippen molar-refractivity contribution in [3.63, 3.8) is 0 Å². The molecule has 1 aromatic carbocycles. The Hall–Kier alpha value is -0.860. The third kappa shape index (κ3) is 3.55. The van der Waals surface area contributed by atoms with Crippen molar-refractivity contribution in [2.75, 3.05) is 13.2 Å². The van der Waals surface area contributed by atoms with E-state index >= 15 is 0 Å². The summed E-state index contributed by atoms with van der Waals surface area (Å²) in [5.41, 5.74) is 2.86. The van der Waals surface area contributed by atoms with Gasteiger partial charge in [0.2, 0.25) is 0 Å². The molecule has 0 aromatic heterocycles. The van der Waals surface area contributed by atoms with E-state index in [0.717, 1.165) is 19.6 Å². The highest BCUT2D eigenvalue weighted by Crippen LogP contribution is 2.23. The van der Waals surface area contributed by atoms with Crippen molar-refractivity contribution >= 4 is 0 Å². The Balaban J connectivity index is 1.63. The molecular weight excluding hydrogens is 210 g/mol. The Bertz CT molecular complexity index is 345. The Morgan fingerprint density at radius 2 is 2.06 bits per heavy atom. The van der Waals surface area contributed by atoms with E-state index in [4.69, 9.17) is 4.74 Å². The van der Waals surface area contributed by atoms with E-state index in [2.05, 4.69) is 43.4 Å². The lowest BCUT2D eigenvalue weighted by molar-refractivity contribution is -0.00960. The van der Waals surface area contributed by atoms with Gasteiger partial charge in [-0.2, -0.15) is 0 Å². The van der Waals surface area contributed by atoms with E-state index < -0.39 is 0 Å². The van der Waals surface area contributed by atoms with Gasteiger partial charge in [0.15, 0.2) is 0 Å². The summed E-state index contributed by atoms with van der Waals surface area (Å²) in [6.07, 6.45) is 4.00. The summed E-state index contributed by atoms with van der Waals surface area (Å²) >= 11 is 0. The second kappa shape index (κ2) is 6.18. The number of rotatable bonds is 6.